The molecule has 2 aromatic heterocycles. The van der Waals surface area contributed by atoms with Crippen molar-refractivity contribution in [3.05, 3.63) is 64.7 Å². The Hall–Kier alpha value is -3.59. The van der Waals surface area contributed by atoms with Gasteiger partial charge in [0.05, 0.1) is 16.4 Å². The van der Waals surface area contributed by atoms with Gasteiger partial charge in [0.2, 0.25) is 0 Å². The zero-order chi connectivity index (χ0) is 20.5. The molecule has 0 saturated heterocycles. The molecule has 0 fully saturated rings. The van der Waals surface area contributed by atoms with E-state index in [2.05, 4.69) is 32.0 Å². The Balaban J connectivity index is 1.25. The fraction of sp³-hybridized carbons (Fsp3) is 0.190. The van der Waals surface area contributed by atoms with Crippen molar-refractivity contribution in [2.45, 2.75) is 13.3 Å². The maximum Gasteiger partial charge on any atom is 0.264 e. The van der Waals surface area contributed by atoms with E-state index < -0.39 is 0 Å². The summed E-state index contributed by atoms with van der Waals surface area (Å²) in [4.78, 5) is 19.1. The van der Waals surface area contributed by atoms with Gasteiger partial charge in [-0.25, -0.2) is 9.67 Å². The van der Waals surface area contributed by atoms with Crippen molar-refractivity contribution in [3.8, 4) is 22.7 Å². The quantitative estimate of drug-likeness (QED) is 0.495. The number of nitrogens with zero attached hydrogens (tertiary/aromatic N) is 6. The molecule has 0 saturated carbocycles. The molecule has 1 aliphatic heterocycles. The van der Waals surface area contributed by atoms with Gasteiger partial charge in [0.15, 0.2) is 6.61 Å². The summed E-state index contributed by atoms with van der Waals surface area (Å²) < 4.78 is 7.26. The van der Waals surface area contributed by atoms with Gasteiger partial charge in [-0.1, -0.05) is 6.07 Å². The normalized spacial score (nSPS) is 12.8. The van der Waals surface area contributed by atoms with Crippen molar-refractivity contribution in [1.82, 2.24) is 25.2 Å². The molecule has 30 heavy (non-hydrogen) atoms. The number of carbonyl (C=O) groups is 1. The summed E-state index contributed by atoms with van der Waals surface area (Å²) in [6, 6.07) is 13.4. The second-order valence-electron chi connectivity index (χ2n) is 6.93. The van der Waals surface area contributed by atoms with Gasteiger partial charge in [-0.05, 0) is 65.7 Å². The van der Waals surface area contributed by atoms with E-state index in [-0.39, 0.29) is 12.5 Å². The lowest BCUT2D eigenvalue weighted by Gasteiger charge is -2.18. The number of hydrogen-bond donors (Lipinski definition) is 0. The predicted molar refractivity (Wildman–Crippen MR) is 113 cm³/mol. The zero-order valence-electron chi connectivity index (χ0n) is 16.2. The molecule has 3 heterocycles. The van der Waals surface area contributed by atoms with Crippen LogP contribution in [0.5, 0.6) is 5.75 Å². The fourth-order valence-corrected chi connectivity index (χ4v) is 4.14. The molecule has 0 spiro atoms. The number of hydrogen-bond acceptors (Lipinski definition) is 7. The van der Waals surface area contributed by atoms with Crippen LogP contribution in [-0.4, -0.2) is 44.3 Å². The minimum Gasteiger partial charge on any atom is -0.484 e. The number of amides is 1. The minimum absolute atomic E-state index is 0.0172. The average molecular weight is 418 g/mol. The molecule has 0 N–H and O–H groups in total. The Bertz CT molecular complexity index is 1190. The summed E-state index contributed by atoms with van der Waals surface area (Å²) in [6.07, 6.45) is 2.35. The maximum absolute atomic E-state index is 12.8. The van der Waals surface area contributed by atoms with Crippen LogP contribution < -0.4 is 9.64 Å². The lowest BCUT2D eigenvalue weighted by atomic mass is 10.1. The fourth-order valence-electron chi connectivity index (χ4n) is 3.51. The second-order valence-corrected chi connectivity index (χ2v) is 7.99. The molecule has 9 heteroatoms. The van der Waals surface area contributed by atoms with E-state index in [1.54, 1.807) is 33.1 Å². The topological polar surface area (TPSA) is 86.0 Å². The van der Waals surface area contributed by atoms with Crippen molar-refractivity contribution in [3.63, 3.8) is 0 Å². The maximum atomic E-state index is 12.8. The summed E-state index contributed by atoms with van der Waals surface area (Å²) >= 11 is 1.64. The highest BCUT2D eigenvalue weighted by molar-refractivity contribution is 7.09. The van der Waals surface area contributed by atoms with Crippen molar-refractivity contribution in [1.29, 1.82) is 0 Å². The van der Waals surface area contributed by atoms with E-state index in [9.17, 15) is 4.79 Å². The number of carbonyl (C=O) groups excluding carboxylic acids is 1. The molecule has 0 atom stereocenters. The first-order valence-electron chi connectivity index (χ1n) is 9.49. The van der Waals surface area contributed by atoms with E-state index in [0.717, 1.165) is 39.6 Å². The van der Waals surface area contributed by atoms with Crippen LogP contribution in [0.25, 0.3) is 16.9 Å². The Labute approximate surface area is 176 Å². The summed E-state index contributed by atoms with van der Waals surface area (Å²) in [5.41, 5.74) is 5.01. The molecule has 0 aliphatic carbocycles. The molecule has 5 rings (SSSR count). The summed E-state index contributed by atoms with van der Waals surface area (Å²) in [6.45, 7) is 2.65. The van der Waals surface area contributed by atoms with Crippen LogP contribution in [0, 0.1) is 6.92 Å². The molecule has 0 bridgehead atoms. The van der Waals surface area contributed by atoms with Crippen molar-refractivity contribution < 1.29 is 9.53 Å². The Morgan fingerprint density at radius 2 is 2.07 bits per heavy atom. The Kier molecular flexibility index (Phi) is 4.72. The largest absolute Gasteiger partial charge is 0.484 e. The highest BCUT2D eigenvalue weighted by Gasteiger charge is 2.25. The average Bonchev–Trinajstić information content (AvgIpc) is 3.52. The first kappa shape index (κ1) is 18.4. The molecule has 2 aromatic carbocycles. The molecule has 1 amide bonds. The van der Waals surface area contributed by atoms with Crippen LogP contribution in [0.15, 0.2) is 54.2 Å². The van der Waals surface area contributed by atoms with Crippen LogP contribution >= 0.6 is 11.3 Å². The third kappa shape index (κ3) is 3.55. The summed E-state index contributed by atoms with van der Waals surface area (Å²) in [5, 5.41) is 14.2. The lowest BCUT2D eigenvalue weighted by Crippen LogP contribution is -2.33. The van der Waals surface area contributed by atoms with E-state index >= 15 is 0 Å². The molecular formula is C21H18N6O2S. The number of aryl methyl sites for hydroxylation is 1. The van der Waals surface area contributed by atoms with Crippen LogP contribution in [0.2, 0.25) is 0 Å². The minimum atomic E-state index is -0.0597. The molecule has 150 valence electrons. The predicted octanol–water partition coefficient (Wildman–Crippen LogP) is 3.06. The highest BCUT2D eigenvalue weighted by Crippen LogP contribution is 2.32. The highest BCUT2D eigenvalue weighted by atomic mass is 32.1. The van der Waals surface area contributed by atoms with Gasteiger partial charge in [0, 0.05) is 23.2 Å². The SMILES string of the molecule is Cc1nc(-c2ccc3c(c2)CCN3C(=O)COc2ccc(-n3cnnn3)cc2)cs1. The second kappa shape index (κ2) is 7.68. The van der Waals surface area contributed by atoms with Crippen LogP contribution in [0.4, 0.5) is 5.69 Å². The molecule has 1 aliphatic rings. The zero-order valence-corrected chi connectivity index (χ0v) is 17.0. The van der Waals surface area contributed by atoms with Gasteiger partial charge in [-0.15, -0.1) is 16.4 Å². The van der Waals surface area contributed by atoms with Crippen molar-refractivity contribution >= 4 is 22.9 Å². The molecule has 8 nitrogen and oxygen atoms in total. The number of thiazole rings is 1. The van der Waals surface area contributed by atoms with Gasteiger partial charge >= 0.3 is 0 Å². The van der Waals surface area contributed by atoms with E-state index in [1.807, 2.05) is 31.2 Å². The number of aromatic nitrogens is 5. The third-order valence-electron chi connectivity index (χ3n) is 5.00. The number of benzene rings is 2. The number of ether oxygens (including phenoxy) is 1. The van der Waals surface area contributed by atoms with Gasteiger partial charge in [-0.2, -0.15) is 0 Å². The van der Waals surface area contributed by atoms with E-state index in [4.69, 9.17) is 4.74 Å². The monoisotopic (exact) mass is 418 g/mol. The number of anilines is 1. The smallest absolute Gasteiger partial charge is 0.264 e. The first-order valence-corrected chi connectivity index (χ1v) is 10.4. The van der Waals surface area contributed by atoms with Crippen LogP contribution in [-0.2, 0) is 11.2 Å². The van der Waals surface area contributed by atoms with E-state index in [1.165, 1.54) is 6.33 Å². The summed E-state index contributed by atoms with van der Waals surface area (Å²) in [7, 11) is 0. The van der Waals surface area contributed by atoms with Crippen LogP contribution in [0.1, 0.15) is 10.6 Å². The third-order valence-corrected chi connectivity index (χ3v) is 5.78. The number of fused-ring (bicyclic) bond motifs is 1. The Morgan fingerprint density at radius 1 is 1.20 bits per heavy atom. The number of rotatable bonds is 5. The summed E-state index contributed by atoms with van der Waals surface area (Å²) in [5.74, 6) is 0.560. The molecule has 4 aromatic rings. The molecule has 0 radical (unpaired) electrons. The van der Waals surface area contributed by atoms with Crippen molar-refractivity contribution in [2.75, 3.05) is 18.1 Å². The number of tetrazole rings is 1. The lowest BCUT2D eigenvalue weighted by molar-refractivity contribution is -0.120. The molecule has 0 unspecified atom stereocenters. The van der Waals surface area contributed by atoms with Gasteiger partial charge < -0.3 is 9.64 Å². The standard InChI is InChI=1S/C21H18N6O2S/c1-14-23-19(12-30-14)15-2-7-20-16(10-15)8-9-26(20)21(28)11-29-18-5-3-17(4-6-18)27-13-22-24-25-27/h2-7,10,12-13H,8-9,11H2,1H3. The van der Waals surface area contributed by atoms with Gasteiger partial charge in [0.25, 0.3) is 5.91 Å². The van der Waals surface area contributed by atoms with Crippen molar-refractivity contribution in [2.24, 2.45) is 0 Å². The van der Waals surface area contributed by atoms with Crippen LogP contribution in [0.3, 0.4) is 0 Å². The Morgan fingerprint density at radius 3 is 2.80 bits per heavy atom. The van der Waals surface area contributed by atoms with Gasteiger partial charge in [0.1, 0.15) is 12.1 Å². The van der Waals surface area contributed by atoms with E-state index in [0.29, 0.717) is 12.3 Å². The van der Waals surface area contributed by atoms with Gasteiger partial charge in [-0.3, -0.25) is 4.79 Å². The first-order chi connectivity index (χ1) is 14.7. The molecular weight excluding hydrogens is 400 g/mol.